The molecule has 0 aliphatic carbocycles. The molecule has 3 atom stereocenters. The Bertz CT molecular complexity index is 534. The van der Waals surface area contributed by atoms with Crippen molar-refractivity contribution in [2.45, 2.75) is 31.3 Å². The van der Waals surface area contributed by atoms with Crippen molar-refractivity contribution in [1.29, 1.82) is 0 Å². The van der Waals surface area contributed by atoms with Crippen LogP contribution in [-0.4, -0.2) is 44.2 Å². The molecule has 2 saturated heterocycles. The van der Waals surface area contributed by atoms with Gasteiger partial charge in [-0.1, -0.05) is 11.6 Å². The van der Waals surface area contributed by atoms with Gasteiger partial charge in [0.05, 0.1) is 5.92 Å². The lowest BCUT2D eigenvalue weighted by molar-refractivity contribution is -0.142. The highest BCUT2D eigenvalue weighted by Crippen LogP contribution is 2.42. The molecule has 7 heteroatoms. The molecule has 1 aromatic rings. The van der Waals surface area contributed by atoms with Crippen LogP contribution in [0.25, 0.3) is 0 Å². The van der Waals surface area contributed by atoms with Crippen LogP contribution in [-0.2, 0) is 4.79 Å². The number of rotatable bonds is 2. The van der Waals surface area contributed by atoms with E-state index in [9.17, 15) is 9.59 Å². The number of amides is 1. The molecule has 1 amide bonds. The first-order valence-electron chi connectivity index (χ1n) is 6.12. The summed E-state index contributed by atoms with van der Waals surface area (Å²) in [6.07, 6.45) is 2.14. The number of fused-ring (bicyclic) bond motifs is 2. The van der Waals surface area contributed by atoms with Crippen molar-refractivity contribution in [2.24, 2.45) is 5.92 Å². The molecule has 1 aromatic heterocycles. The lowest BCUT2D eigenvalue weighted by Crippen LogP contribution is -2.38. The number of carbonyl (C=O) groups is 2. The highest BCUT2D eigenvalue weighted by atomic mass is 35.5. The molecule has 1 N–H and O–H groups in total. The zero-order valence-corrected chi connectivity index (χ0v) is 10.7. The summed E-state index contributed by atoms with van der Waals surface area (Å²) in [4.78, 5) is 25.2. The van der Waals surface area contributed by atoms with Gasteiger partial charge in [-0.25, -0.2) is 0 Å². The van der Waals surface area contributed by atoms with Crippen molar-refractivity contribution in [1.82, 2.24) is 15.1 Å². The Morgan fingerprint density at radius 2 is 2.11 bits per heavy atom. The molecular formula is C12H12ClN3O3. The Balaban J connectivity index is 1.85. The van der Waals surface area contributed by atoms with E-state index in [1.165, 1.54) is 12.1 Å². The summed E-state index contributed by atoms with van der Waals surface area (Å²) in [5.41, 5.74) is 0.215. The van der Waals surface area contributed by atoms with E-state index in [-0.39, 0.29) is 28.8 Å². The quantitative estimate of drug-likeness (QED) is 0.881. The van der Waals surface area contributed by atoms with E-state index >= 15 is 0 Å². The number of aliphatic carboxylic acids is 1. The van der Waals surface area contributed by atoms with E-state index in [0.717, 1.165) is 12.8 Å². The minimum Gasteiger partial charge on any atom is -0.481 e. The predicted molar refractivity (Wildman–Crippen MR) is 65.8 cm³/mol. The second kappa shape index (κ2) is 4.45. The van der Waals surface area contributed by atoms with Gasteiger partial charge in [0, 0.05) is 12.1 Å². The van der Waals surface area contributed by atoms with Gasteiger partial charge in [0.15, 0.2) is 10.8 Å². The number of hydrogen-bond acceptors (Lipinski definition) is 4. The lowest BCUT2D eigenvalue weighted by Gasteiger charge is -2.22. The second-order valence-electron chi connectivity index (χ2n) is 4.93. The van der Waals surface area contributed by atoms with Gasteiger partial charge in [-0.15, -0.1) is 10.2 Å². The number of hydrogen-bond donors (Lipinski definition) is 1. The molecule has 0 saturated carbocycles. The van der Waals surface area contributed by atoms with Crippen LogP contribution >= 0.6 is 11.6 Å². The van der Waals surface area contributed by atoms with Crippen molar-refractivity contribution in [3.05, 3.63) is 23.0 Å². The zero-order chi connectivity index (χ0) is 13.6. The molecule has 3 unspecified atom stereocenters. The Labute approximate surface area is 114 Å². The molecule has 2 aliphatic heterocycles. The Hall–Kier alpha value is -1.69. The van der Waals surface area contributed by atoms with Gasteiger partial charge in [0.1, 0.15) is 0 Å². The number of carboxylic acids is 1. The maximum Gasteiger partial charge on any atom is 0.308 e. The van der Waals surface area contributed by atoms with Crippen molar-refractivity contribution in [3.63, 3.8) is 0 Å². The van der Waals surface area contributed by atoms with Gasteiger partial charge < -0.3 is 10.0 Å². The van der Waals surface area contributed by atoms with Gasteiger partial charge in [0.2, 0.25) is 0 Å². The fourth-order valence-electron chi connectivity index (χ4n) is 3.13. The van der Waals surface area contributed by atoms with E-state index in [2.05, 4.69) is 10.2 Å². The summed E-state index contributed by atoms with van der Waals surface area (Å²) in [5.74, 6) is -1.53. The molecule has 0 spiro atoms. The van der Waals surface area contributed by atoms with E-state index < -0.39 is 11.9 Å². The third-order valence-corrected chi connectivity index (χ3v) is 4.14. The van der Waals surface area contributed by atoms with Crippen molar-refractivity contribution in [3.8, 4) is 0 Å². The van der Waals surface area contributed by atoms with Crippen LogP contribution in [0.5, 0.6) is 0 Å². The summed E-state index contributed by atoms with van der Waals surface area (Å²) in [7, 11) is 0. The number of carbonyl (C=O) groups excluding carboxylic acids is 1. The summed E-state index contributed by atoms with van der Waals surface area (Å²) in [6.45, 7) is 0. The number of aromatic nitrogens is 2. The van der Waals surface area contributed by atoms with E-state index in [4.69, 9.17) is 16.7 Å². The normalized spacial score (nSPS) is 28.7. The Morgan fingerprint density at radius 1 is 1.32 bits per heavy atom. The average Bonchev–Trinajstić information content (AvgIpc) is 2.96. The molecule has 3 rings (SSSR count). The summed E-state index contributed by atoms with van der Waals surface area (Å²) in [6, 6.07) is 2.82. The molecule has 2 fully saturated rings. The molecular weight excluding hydrogens is 270 g/mol. The molecule has 2 aliphatic rings. The van der Waals surface area contributed by atoms with Crippen LogP contribution in [0.2, 0.25) is 5.15 Å². The molecule has 0 aromatic carbocycles. The third kappa shape index (κ3) is 1.96. The molecule has 6 nitrogen and oxygen atoms in total. The number of carboxylic acid groups (broad SMARTS) is 1. The van der Waals surface area contributed by atoms with Gasteiger partial charge in [0.25, 0.3) is 5.91 Å². The monoisotopic (exact) mass is 281 g/mol. The maximum atomic E-state index is 12.4. The third-order valence-electron chi connectivity index (χ3n) is 3.94. The average molecular weight is 282 g/mol. The zero-order valence-electron chi connectivity index (χ0n) is 9.99. The summed E-state index contributed by atoms with van der Waals surface area (Å²) >= 11 is 5.63. The van der Waals surface area contributed by atoms with Crippen molar-refractivity contribution in [2.75, 3.05) is 0 Å². The molecule has 100 valence electrons. The van der Waals surface area contributed by atoms with E-state index in [0.29, 0.717) is 6.42 Å². The molecule has 3 heterocycles. The summed E-state index contributed by atoms with van der Waals surface area (Å²) in [5, 5.41) is 16.8. The topological polar surface area (TPSA) is 83.4 Å². The minimum atomic E-state index is -0.827. The summed E-state index contributed by atoms with van der Waals surface area (Å²) < 4.78 is 0. The first-order valence-corrected chi connectivity index (χ1v) is 6.50. The van der Waals surface area contributed by atoms with Crippen LogP contribution < -0.4 is 0 Å². The highest BCUT2D eigenvalue weighted by molar-refractivity contribution is 6.29. The second-order valence-corrected chi connectivity index (χ2v) is 5.32. The van der Waals surface area contributed by atoms with Gasteiger partial charge in [-0.05, 0) is 31.4 Å². The van der Waals surface area contributed by atoms with Gasteiger partial charge in [-0.2, -0.15) is 0 Å². The van der Waals surface area contributed by atoms with E-state index in [1.54, 1.807) is 4.90 Å². The Kier molecular flexibility index (Phi) is 2.89. The molecule has 2 bridgehead atoms. The minimum absolute atomic E-state index is 0.0103. The fourth-order valence-corrected chi connectivity index (χ4v) is 3.23. The first kappa shape index (κ1) is 12.3. The standard InChI is InChI=1S/C12H12ClN3O3/c13-10-4-2-8(14-15-10)11(17)16-6-1-3-9(16)7(5-6)12(18)19/h2,4,6-7,9H,1,3,5H2,(H,18,19). The van der Waals surface area contributed by atoms with Crippen LogP contribution in [0.15, 0.2) is 12.1 Å². The molecule has 19 heavy (non-hydrogen) atoms. The first-order chi connectivity index (χ1) is 9.08. The van der Waals surface area contributed by atoms with Crippen LogP contribution in [0.4, 0.5) is 0 Å². The van der Waals surface area contributed by atoms with Crippen LogP contribution in [0.3, 0.4) is 0 Å². The van der Waals surface area contributed by atoms with Crippen LogP contribution in [0, 0.1) is 5.92 Å². The smallest absolute Gasteiger partial charge is 0.308 e. The van der Waals surface area contributed by atoms with E-state index in [1.807, 2.05) is 0 Å². The Morgan fingerprint density at radius 3 is 2.68 bits per heavy atom. The molecule has 0 radical (unpaired) electrons. The predicted octanol–water partition coefficient (Wildman–Crippen LogP) is 1.21. The van der Waals surface area contributed by atoms with Crippen LogP contribution in [0.1, 0.15) is 29.8 Å². The highest BCUT2D eigenvalue weighted by Gasteiger charge is 2.51. The maximum absolute atomic E-state index is 12.4. The largest absolute Gasteiger partial charge is 0.481 e. The van der Waals surface area contributed by atoms with Crippen molar-refractivity contribution < 1.29 is 14.7 Å². The number of halogens is 1. The van der Waals surface area contributed by atoms with Gasteiger partial charge >= 0.3 is 5.97 Å². The fraction of sp³-hybridized carbons (Fsp3) is 0.500. The van der Waals surface area contributed by atoms with Crippen molar-refractivity contribution >= 4 is 23.5 Å². The van der Waals surface area contributed by atoms with Gasteiger partial charge in [-0.3, -0.25) is 9.59 Å². The number of nitrogens with zero attached hydrogens (tertiary/aromatic N) is 3. The lowest BCUT2D eigenvalue weighted by atomic mass is 9.89. The SMILES string of the molecule is O=C(O)C1CC2CCC1N2C(=O)c1ccc(Cl)nn1.